The topological polar surface area (TPSA) is 56.8 Å². The van der Waals surface area contributed by atoms with Crippen molar-refractivity contribution in [3.8, 4) is 22.9 Å². The van der Waals surface area contributed by atoms with Gasteiger partial charge >= 0.3 is 35.6 Å². The number of phenols is 2. The Balaban J connectivity index is 0.00000160. The van der Waals surface area contributed by atoms with Gasteiger partial charge in [-0.1, -0.05) is 58.7 Å². The SMILES string of the molecule is Cc1cc(CN(CCN(C)C)Cc2cc(C)cc(-n3c4ccc(C)cc4c4cc(C)ccc43)c2O)c(O)c(-n2c3ccc(C)cc3c3cc(C)ccc32)c1.[Cl][Ti][Cl]. The number of likely N-dealkylation sites (N-methyl/N-ethyl adjacent to an activating group) is 1. The molecule has 0 saturated heterocycles. The average molecular weight is 834 g/mol. The van der Waals surface area contributed by atoms with Crippen molar-refractivity contribution in [1.29, 1.82) is 0 Å². The van der Waals surface area contributed by atoms with E-state index in [1.54, 1.807) is 0 Å². The monoisotopic (exact) mass is 832 g/mol. The Labute approximate surface area is 352 Å². The summed E-state index contributed by atoms with van der Waals surface area (Å²) in [5, 5.41) is 29.1. The molecule has 0 aliphatic rings. The number of fused-ring (bicyclic) bond motifs is 6. The number of hydrogen-bond donors (Lipinski definition) is 2. The zero-order valence-corrected chi connectivity index (χ0v) is 37.1. The third kappa shape index (κ3) is 8.22. The van der Waals surface area contributed by atoms with Gasteiger partial charge in [0, 0.05) is 58.9 Å². The van der Waals surface area contributed by atoms with Crippen LogP contribution in [0.15, 0.2) is 97.1 Å². The molecule has 0 aliphatic heterocycles. The van der Waals surface area contributed by atoms with Crippen molar-refractivity contribution in [2.75, 3.05) is 27.2 Å². The van der Waals surface area contributed by atoms with Gasteiger partial charge in [-0.05, 0) is 127 Å². The van der Waals surface area contributed by atoms with Crippen molar-refractivity contribution >= 4 is 62.2 Å². The van der Waals surface area contributed by atoms with E-state index >= 15 is 0 Å². The van der Waals surface area contributed by atoms with Crippen LogP contribution < -0.4 is 0 Å². The first-order valence-electron chi connectivity index (χ1n) is 19.3. The van der Waals surface area contributed by atoms with Crippen molar-refractivity contribution in [1.82, 2.24) is 18.9 Å². The molecule has 0 amide bonds. The van der Waals surface area contributed by atoms with Crippen LogP contribution in [0.2, 0.25) is 0 Å². The Hall–Kier alpha value is -4.27. The number of benzene rings is 6. The molecule has 2 heterocycles. The molecule has 9 heteroatoms. The summed E-state index contributed by atoms with van der Waals surface area (Å²) in [4.78, 5) is 4.52. The first-order valence-corrected chi connectivity index (χ1v) is 23.6. The van der Waals surface area contributed by atoms with E-state index in [2.05, 4.69) is 172 Å². The summed E-state index contributed by atoms with van der Waals surface area (Å²) >= 11 is -0.556. The van der Waals surface area contributed by atoms with Crippen molar-refractivity contribution in [3.05, 3.63) is 142 Å². The number of halogens is 2. The molecule has 0 spiro atoms. The molecule has 0 fully saturated rings. The van der Waals surface area contributed by atoms with Crippen LogP contribution >= 0.6 is 18.6 Å². The van der Waals surface area contributed by atoms with Crippen LogP contribution in [-0.4, -0.2) is 56.3 Å². The van der Waals surface area contributed by atoms with Crippen LogP contribution in [-0.2, 0) is 30.1 Å². The fourth-order valence-corrected chi connectivity index (χ4v) is 8.31. The molecule has 6 nitrogen and oxygen atoms in total. The van der Waals surface area contributed by atoms with Gasteiger partial charge in [-0.15, -0.1) is 0 Å². The van der Waals surface area contributed by atoms with E-state index in [-0.39, 0.29) is 11.5 Å². The molecule has 0 atom stereocenters. The first kappa shape index (κ1) is 40.9. The van der Waals surface area contributed by atoms with Crippen LogP contribution in [0.25, 0.3) is 55.0 Å². The summed E-state index contributed by atoms with van der Waals surface area (Å²) in [5.41, 5.74) is 14.6. The van der Waals surface area contributed by atoms with E-state index in [9.17, 15) is 10.2 Å². The minimum atomic E-state index is -0.556. The maximum atomic E-state index is 12.2. The molecule has 6 aromatic carbocycles. The van der Waals surface area contributed by atoms with Crippen molar-refractivity contribution in [3.63, 3.8) is 0 Å². The molecule has 0 saturated carbocycles. The third-order valence-electron chi connectivity index (χ3n) is 10.9. The molecule has 2 N–H and O–H groups in total. The zero-order valence-electron chi connectivity index (χ0n) is 34.0. The fraction of sp³-hybridized carbons (Fsp3) is 0.250. The molecule has 0 aliphatic carbocycles. The first-order chi connectivity index (χ1) is 27.3. The van der Waals surface area contributed by atoms with Gasteiger partial charge in [0.15, 0.2) is 0 Å². The molecule has 292 valence electrons. The van der Waals surface area contributed by atoms with E-state index < -0.39 is 17.0 Å². The Bertz CT molecular complexity index is 2490. The van der Waals surface area contributed by atoms with Gasteiger partial charge in [0.05, 0.1) is 33.4 Å². The predicted octanol–water partition coefficient (Wildman–Crippen LogP) is 12.1. The molecule has 0 unspecified atom stereocenters. The van der Waals surface area contributed by atoms with Crippen molar-refractivity contribution in [2.45, 2.75) is 54.6 Å². The van der Waals surface area contributed by atoms with Crippen LogP contribution in [0.1, 0.15) is 44.5 Å². The molecule has 0 radical (unpaired) electrons. The number of nitrogens with zero attached hydrogens (tertiary/aromatic N) is 4. The van der Waals surface area contributed by atoms with E-state index in [1.807, 2.05) is 0 Å². The predicted molar refractivity (Wildman–Crippen MR) is 238 cm³/mol. The normalized spacial score (nSPS) is 11.7. The van der Waals surface area contributed by atoms with Gasteiger partial charge in [-0.25, -0.2) is 0 Å². The van der Waals surface area contributed by atoms with Gasteiger partial charge in [0.1, 0.15) is 11.5 Å². The number of aryl methyl sites for hydroxylation is 6. The number of phenolic OH excluding ortho intramolecular Hbond substituents is 2. The van der Waals surface area contributed by atoms with Crippen LogP contribution in [0.5, 0.6) is 11.5 Å². The Morgan fingerprint density at radius 1 is 0.474 bits per heavy atom. The van der Waals surface area contributed by atoms with Crippen LogP contribution in [0.3, 0.4) is 0 Å². The van der Waals surface area contributed by atoms with Crippen molar-refractivity contribution in [2.24, 2.45) is 0 Å². The van der Waals surface area contributed by atoms with Crippen LogP contribution in [0.4, 0.5) is 0 Å². The second kappa shape index (κ2) is 16.9. The number of hydrogen-bond acceptors (Lipinski definition) is 4. The summed E-state index contributed by atoms with van der Waals surface area (Å²) in [6.45, 7) is 15.3. The van der Waals surface area contributed by atoms with Gasteiger partial charge in [0.25, 0.3) is 0 Å². The molecular formula is C48H50Cl2N4O2Ti. The van der Waals surface area contributed by atoms with Gasteiger partial charge in [0.2, 0.25) is 0 Å². The molecule has 8 aromatic rings. The standard InChI is InChI=1S/C48H50N4O2.2ClH.Ti/c1-29-9-13-41-37(21-29)38-22-30(2)10-14-42(38)51(41)45-25-33(5)19-35(47(45)53)27-50(18-17-49(7)8)28-36-20-34(6)26-46(48(36)54)52-43-15-11-31(3)23-39(43)40-24-32(4)12-16-44(40)52;;;/h9-16,19-26,53-54H,17-18,27-28H2,1-8H3;2*1H;/q;;;+2/p-2. The number of aromatic hydroxyl groups is 2. The molecule has 8 rings (SSSR count). The van der Waals surface area contributed by atoms with Gasteiger partial charge in [-0.2, -0.15) is 0 Å². The summed E-state index contributed by atoms with van der Waals surface area (Å²) < 4.78 is 4.43. The van der Waals surface area contributed by atoms with E-state index in [0.29, 0.717) is 13.1 Å². The minimum absolute atomic E-state index is 0.278. The van der Waals surface area contributed by atoms with E-state index in [0.717, 1.165) is 68.8 Å². The quantitative estimate of drug-likeness (QED) is 0.142. The Morgan fingerprint density at radius 2 is 0.789 bits per heavy atom. The summed E-state index contributed by atoms with van der Waals surface area (Å²) in [7, 11) is 13.9. The number of aromatic nitrogens is 2. The molecule has 57 heavy (non-hydrogen) atoms. The maximum absolute atomic E-state index is 12.2. The molecule has 2 aromatic heterocycles. The Morgan fingerprint density at radius 3 is 1.09 bits per heavy atom. The number of rotatable bonds is 9. The average Bonchev–Trinajstić information content (AvgIpc) is 3.64. The third-order valence-corrected chi connectivity index (χ3v) is 10.9. The molecular weight excluding hydrogens is 783 g/mol. The summed E-state index contributed by atoms with van der Waals surface area (Å²) in [5.74, 6) is 0.556. The van der Waals surface area contributed by atoms with Crippen molar-refractivity contribution < 1.29 is 27.2 Å². The van der Waals surface area contributed by atoms with Crippen LogP contribution in [0, 0.1) is 41.5 Å². The fourth-order valence-electron chi connectivity index (χ4n) is 8.31. The van der Waals surface area contributed by atoms with E-state index in [4.69, 9.17) is 18.6 Å². The van der Waals surface area contributed by atoms with E-state index in [1.165, 1.54) is 43.8 Å². The summed E-state index contributed by atoms with van der Waals surface area (Å²) in [6, 6.07) is 34.6. The second-order valence-corrected chi connectivity index (χ2v) is 18.5. The van der Waals surface area contributed by atoms with Gasteiger partial charge < -0.3 is 24.2 Å². The Kier molecular flexibility index (Phi) is 12.1. The zero-order chi connectivity index (χ0) is 40.7. The van der Waals surface area contributed by atoms with Gasteiger partial charge in [-0.3, -0.25) is 4.90 Å². The molecule has 0 bridgehead atoms. The second-order valence-electron chi connectivity index (χ2n) is 15.9. The summed E-state index contributed by atoms with van der Waals surface area (Å²) in [6.07, 6.45) is 0.